The third kappa shape index (κ3) is 5.81. The number of hydrogen-bond donors (Lipinski definition) is 0. The van der Waals surface area contributed by atoms with Crippen molar-refractivity contribution in [2.75, 3.05) is 31.8 Å². The summed E-state index contributed by atoms with van der Waals surface area (Å²) in [5.74, 6) is 1.98. The third-order valence-corrected chi connectivity index (χ3v) is 6.01. The minimum Gasteiger partial charge on any atom is -0.497 e. The standard InChI is InChI=1S/C24H26N4O4S/c1-3-31-18-5-7-19(8-6-18)32-16-23(29)28(13-4-12-27-14-11-25-17-27)24-26-21-10-9-20(30-2)15-22(21)33-24/h5-11,14-15,17H,3-4,12-13,16H2,1-2H3. The number of aryl methyl sites for hydroxylation is 1. The lowest BCUT2D eigenvalue weighted by atomic mass is 10.3. The monoisotopic (exact) mass is 466 g/mol. The van der Waals surface area contributed by atoms with Crippen LogP contribution in [0.15, 0.2) is 61.2 Å². The fourth-order valence-corrected chi connectivity index (χ4v) is 4.35. The van der Waals surface area contributed by atoms with Crippen LogP contribution in [0, 0.1) is 0 Å². The number of aromatic nitrogens is 3. The quantitative estimate of drug-likeness (QED) is 0.326. The molecule has 1 amide bonds. The van der Waals surface area contributed by atoms with Gasteiger partial charge in [0, 0.05) is 25.5 Å². The number of anilines is 1. The number of imidazole rings is 1. The molecule has 0 fully saturated rings. The van der Waals surface area contributed by atoms with Crippen LogP contribution in [0.4, 0.5) is 5.13 Å². The smallest absolute Gasteiger partial charge is 0.266 e. The highest BCUT2D eigenvalue weighted by atomic mass is 32.1. The van der Waals surface area contributed by atoms with Gasteiger partial charge in [-0.1, -0.05) is 11.3 Å². The topological polar surface area (TPSA) is 78.7 Å². The average molecular weight is 467 g/mol. The molecule has 4 aromatic rings. The minimum atomic E-state index is -0.152. The zero-order valence-corrected chi connectivity index (χ0v) is 19.5. The summed E-state index contributed by atoms with van der Waals surface area (Å²) < 4.78 is 19.5. The molecule has 2 aromatic heterocycles. The largest absolute Gasteiger partial charge is 0.497 e. The maximum Gasteiger partial charge on any atom is 0.266 e. The Balaban J connectivity index is 1.48. The molecule has 0 bridgehead atoms. The van der Waals surface area contributed by atoms with E-state index in [0.29, 0.717) is 24.0 Å². The van der Waals surface area contributed by atoms with Crippen LogP contribution in [0.25, 0.3) is 10.2 Å². The Bertz CT molecular complexity index is 1180. The predicted molar refractivity (Wildman–Crippen MR) is 128 cm³/mol. The van der Waals surface area contributed by atoms with Crippen LogP contribution in [0.3, 0.4) is 0 Å². The van der Waals surface area contributed by atoms with Crippen LogP contribution < -0.4 is 19.1 Å². The minimum absolute atomic E-state index is 0.0850. The SMILES string of the molecule is CCOc1ccc(OCC(=O)N(CCCn2ccnc2)c2nc3ccc(OC)cc3s2)cc1. The van der Waals surface area contributed by atoms with E-state index in [4.69, 9.17) is 14.2 Å². The van der Waals surface area contributed by atoms with Crippen LogP contribution in [-0.2, 0) is 11.3 Å². The van der Waals surface area contributed by atoms with Crippen LogP contribution in [0.2, 0.25) is 0 Å². The van der Waals surface area contributed by atoms with Crippen molar-refractivity contribution in [3.63, 3.8) is 0 Å². The van der Waals surface area contributed by atoms with Gasteiger partial charge in [0.1, 0.15) is 17.2 Å². The normalized spacial score (nSPS) is 10.8. The molecule has 9 heteroatoms. The van der Waals surface area contributed by atoms with Gasteiger partial charge in [-0.2, -0.15) is 0 Å². The second-order valence-electron chi connectivity index (χ2n) is 7.22. The Labute approximate surface area is 196 Å². The fourth-order valence-electron chi connectivity index (χ4n) is 3.31. The first-order valence-corrected chi connectivity index (χ1v) is 11.5. The molecular formula is C24H26N4O4S. The molecule has 0 unspecified atom stereocenters. The highest BCUT2D eigenvalue weighted by molar-refractivity contribution is 7.22. The number of carbonyl (C=O) groups excluding carboxylic acids is 1. The first-order chi connectivity index (χ1) is 16.2. The van der Waals surface area contributed by atoms with Crippen molar-refractivity contribution in [2.45, 2.75) is 19.9 Å². The van der Waals surface area contributed by atoms with Crippen molar-refractivity contribution in [3.05, 3.63) is 61.2 Å². The van der Waals surface area contributed by atoms with Gasteiger partial charge in [-0.05, 0) is 55.8 Å². The van der Waals surface area contributed by atoms with E-state index in [-0.39, 0.29) is 12.5 Å². The van der Waals surface area contributed by atoms with Crippen LogP contribution in [-0.4, -0.2) is 47.3 Å². The highest BCUT2D eigenvalue weighted by Crippen LogP contribution is 2.32. The van der Waals surface area contributed by atoms with Crippen LogP contribution in [0.1, 0.15) is 13.3 Å². The van der Waals surface area contributed by atoms with E-state index in [9.17, 15) is 4.79 Å². The third-order valence-electron chi connectivity index (χ3n) is 4.97. The summed E-state index contributed by atoms with van der Waals surface area (Å²) in [6.45, 7) is 3.71. The second kappa shape index (κ2) is 10.8. The summed E-state index contributed by atoms with van der Waals surface area (Å²) in [5.41, 5.74) is 0.829. The zero-order chi connectivity index (χ0) is 23.0. The molecule has 172 valence electrons. The molecular weight excluding hydrogens is 440 g/mol. The summed E-state index contributed by atoms with van der Waals surface area (Å²) in [4.78, 5) is 23.6. The number of nitrogens with zero attached hydrogens (tertiary/aromatic N) is 4. The van der Waals surface area contributed by atoms with Crippen LogP contribution >= 0.6 is 11.3 Å². The maximum absolute atomic E-state index is 13.2. The maximum atomic E-state index is 13.2. The van der Waals surface area contributed by atoms with Gasteiger partial charge in [0.2, 0.25) is 0 Å². The molecule has 0 N–H and O–H groups in total. The first kappa shape index (κ1) is 22.6. The van der Waals surface area contributed by atoms with Gasteiger partial charge in [-0.25, -0.2) is 9.97 Å². The second-order valence-corrected chi connectivity index (χ2v) is 8.23. The van der Waals surface area contributed by atoms with Crippen molar-refractivity contribution in [1.29, 1.82) is 0 Å². The van der Waals surface area contributed by atoms with E-state index < -0.39 is 0 Å². The van der Waals surface area contributed by atoms with Gasteiger partial charge < -0.3 is 18.8 Å². The van der Waals surface area contributed by atoms with E-state index >= 15 is 0 Å². The molecule has 2 aromatic carbocycles. The van der Waals surface area contributed by atoms with Gasteiger partial charge in [-0.3, -0.25) is 9.69 Å². The van der Waals surface area contributed by atoms with Crippen molar-refractivity contribution in [2.24, 2.45) is 0 Å². The van der Waals surface area contributed by atoms with Gasteiger partial charge in [-0.15, -0.1) is 0 Å². The molecule has 0 aliphatic heterocycles. The van der Waals surface area contributed by atoms with Crippen molar-refractivity contribution >= 4 is 32.6 Å². The summed E-state index contributed by atoms with van der Waals surface area (Å²) in [6.07, 6.45) is 6.18. The number of fused-ring (bicyclic) bond motifs is 1. The average Bonchev–Trinajstić information content (AvgIpc) is 3.50. The number of methoxy groups -OCH3 is 1. The lowest BCUT2D eigenvalue weighted by Gasteiger charge is -2.20. The molecule has 0 saturated heterocycles. The Hall–Kier alpha value is -3.59. The molecule has 2 heterocycles. The molecule has 4 rings (SSSR count). The summed E-state index contributed by atoms with van der Waals surface area (Å²) in [7, 11) is 1.63. The predicted octanol–water partition coefficient (Wildman–Crippen LogP) is 4.40. The van der Waals surface area contributed by atoms with Gasteiger partial charge in [0.05, 0.1) is 30.3 Å². The number of amides is 1. The molecule has 0 radical (unpaired) electrons. The summed E-state index contributed by atoms with van der Waals surface area (Å²) in [5, 5.41) is 0.643. The molecule has 0 aliphatic rings. The van der Waals surface area contributed by atoms with E-state index in [2.05, 4.69) is 9.97 Å². The molecule has 0 saturated carbocycles. The Morgan fingerprint density at radius 3 is 2.55 bits per heavy atom. The van der Waals surface area contributed by atoms with E-state index in [1.807, 2.05) is 48.0 Å². The fraction of sp³-hybridized carbons (Fsp3) is 0.292. The molecule has 8 nitrogen and oxygen atoms in total. The Morgan fingerprint density at radius 1 is 1.09 bits per heavy atom. The van der Waals surface area contributed by atoms with E-state index in [0.717, 1.165) is 34.7 Å². The van der Waals surface area contributed by atoms with Crippen molar-refractivity contribution in [3.8, 4) is 17.2 Å². The van der Waals surface area contributed by atoms with E-state index in [1.54, 1.807) is 36.7 Å². The number of benzene rings is 2. The van der Waals surface area contributed by atoms with Gasteiger partial charge in [0.25, 0.3) is 5.91 Å². The van der Waals surface area contributed by atoms with Crippen LogP contribution in [0.5, 0.6) is 17.2 Å². The molecule has 0 spiro atoms. The lowest BCUT2D eigenvalue weighted by molar-refractivity contribution is -0.120. The zero-order valence-electron chi connectivity index (χ0n) is 18.6. The number of carbonyl (C=O) groups is 1. The number of thiazole rings is 1. The first-order valence-electron chi connectivity index (χ1n) is 10.7. The van der Waals surface area contributed by atoms with Crippen molar-refractivity contribution in [1.82, 2.24) is 14.5 Å². The Morgan fingerprint density at radius 2 is 1.85 bits per heavy atom. The molecule has 0 atom stereocenters. The molecule has 33 heavy (non-hydrogen) atoms. The van der Waals surface area contributed by atoms with E-state index in [1.165, 1.54) is 11.3 Å². The summed E-state index contributed by atoms with van der Waals surface area (Å²) in [6, 6.07) is 12.9. The molecule has 0 aliphatic carbocycles. The number of rotatable bonds is 11. The number of hydrogen-bond acceptors (Lipinski definition) is 7. The van der Waals surface area contributed by atoms with Gasteiger partial charge >= 0.3 is 0 Å². The lowest BCUT2D eigenvalue weighted by Crippen LogP contribution is -2.36. The number of ether oxygens (including phenoxy) is 3. The van der Waals surface area contributed by atoms with Gasteiger partial charge in [0.15, 0.2) is 11.7 Å². The van der Waals surface area contributed by atoms with Crippen molar-refractivity contribution < 1.29 is 19.0 Å². The Kier molecular flexibility index (Phi) is 7.41. The highest BCUT2D eigenvalue weighted by Gasteiger charge is 2.20. The summed E-state index contributed by atoms with van der Waals surface area (Å²) >= 11 is 1.46.